The molecule has 4 unspecified atom stereocenters. The largest absolute Gasteiger partial charge is 0.481 e. The van der Waals surface area contributed by atoms with Crippen molar-refractivity contribution in [2.24, 2.45) is 22.2 Å². The van der Waals surface area contributed by atoms with Gasteiger partial charge in [0, 0.05) is 30.1 Å². The fraction of sp³-hybridized carbons (Fsp3) is 0.440. The number of nitrogens with one attached hydrogen (secondary N) is 4. The van der Waals surface area contributed by atoms with Crippen LogP contribution < -0.4 is 33.2 Å². The predicted molar refractivity (Wildman–Crippen MR) is 146 cm³/mol. The molecule has 0 fully saturated rings. The van der Waals surface area contributed by atoms with Crippen molar-refractivity contribution >= 4 is 46.5 Å². The minimum atomic E-state index is -1.33. The highest BCUT2D eigenvalue weighted by molar-refractivity contribution is 5.94. The summed E-state index contributed by atoms with van der Waals surface area (Å²) in [5.41, 5.74) is 18.4. The van der Waals surface area contributed by atoms with Crippen LogP contribution in [-0.2, 0) is 30.4 Å². The van der Waals surface area contributed by atoms with Crippen molar-refractivity contribution in [3.8, 4) is 0 Å². The van der Waals surface area contributed by atoms with Crippen molar-refractivity contribution in [1.82, 2.24) is 20.9 Å². The number of hydrogen-bond donors (Lipinski definition) is 9. The lowest BCUT2D eigenvalue weighted by molar-refractivity contribution is -0.141. The molecule has 40 heavy (non-hydrogen) atoms. The number of rotatable bonds is 16. The van der Waals surface area contributed by atoms with Gasteiger partial charge in [-0.3, -0.25) is 29.0 Å². The Kier molecular flexibility index (Phi) is 11.9. The molecule has 2 rings (SSSR count). The molecule has 3 amide bonds. The molecule has 0 aliphatic rings. The summed E-state index contributed by atoms with van der Waals surface area (Å²) in [4.78, 5) is 68.1. The van der Waals surface area contributed by atoms with Crippen LogP contribution in [0.2, 0.25) is 0 Å². The Hall–Kier alpha value is -4.66. The average Bonchev–Trinajstić information content (AvgIpc) is 3.30. The summed E-state index contributed by atoms with van der Waals surface area (Å²) in [6, 6.07) is 2.60. The molecule has 15 nitrogen and oxygen atoms in total. The van der Waals surface area contributed by atoms with Crippen LogP contribution in [0.25, 0.3) is 10.9 Å². The van der Waals surface area contributed by atoms with Gasteiger partial charge in [0.05, 0.1) is 6.04 Å². The van der Waals surface area contributed by atoms with E-state index in [1.54, 1.807) is 6.20 Å². The number of aromatic nitrogens is 1. The molecule has 1 heterocycles. The monoisotopic (exact) mass is 560 g/mol. The van der Waals surface area contributed by atoms with Crippen molar-refractivity contribution < 1.29 is 34.2 Å². The number of carboxylic acids is 2. The highest BCUT2D eigenvalue weighted by atomic mass is 16.4. The van der Waals surface area contributed by atoms with Crippen molar-refractivity contribution in [2.45, 2.75) is 63.2 Å². The van der Waals surface area contributed by atoms with E-state index in [-0.39, 0.29) is 38.2 Å². The summed E-state index contributed by atoms with van der Waals surface area (Å²) in [7, 11) is 0. The second kappa shape index (κ2) is 15.1. The van der Waals surface area contributed by atoms with Gasteiger partial charge in [0.1, 0.15) is 18.1 Å². The molecular weight excluding hydrogens is 524 g/mol. The first kappa shape index (κ1) is 31.6. The van der Waals surface area contributed by atoms with Crippen molar-refractivity contribution in [3.05, 3.63) is 36.0 Å². The maximum atomic E-state index is 13.2. The van der Waals surface area contributed by atoms with Crippen LogP contribution in [0.5, 0.6) is 0 Å². The third-order valence-corrected chi connectivity index (χ3v) is 6.04. The minimum Gasteiger partial charge on any atom is -0.481 e. The van der Waals surface area contributed by atoms with Gasteiger partial charge in [-0.25, -0.2) is 0 Å². The maximum absolute atomic E-state index is 13.2. The van der Waals surface area contributed by atoms with Crippen molar-refractivity contribution in [2.75, 3.05) is 6.54 Å². The highest BCUT2D eigenvalue weighted by Gasteiger charge is 2.29. The van der Waals surface area contributed by atoms with Crippen LogP contribution in [-0.4, -0.2) is 81.5 Å². The Morgan fingerprint density at radius 1 is 0.950 bits per heavy atom. The molecule has 0 saturated heterocycles. The average molecular weight is 561 g/mol. The number of H-pyrrole nitrogens is 1. The molecule has 0 aliphatic carbocycles. The van der Waals surface area contributed by atoms with Gasteiger partial charge in [0.15, 0.2) is 5.96 Å². The Morgan fingerprint density at radius 3 is 2.23 bits per heavy atom. The molecule has 4 atom stereocenters. The van der Waals surface area contributed by atoms with E-state index in [0.29, 0.717) is 0 Å². The molecule has 0 spiro atoms. The lowest BCUT2D eigenvalue weighted by atomic mass is 10.0. The third kappa shape index (κ3) is 9.90. The van der Waals surface area contributed by atoms with Crippen LogP contribution in [0.3, 0.4) is 0 Å². The van der Waals surface area contributed by atoms with Crippen LogP contribution in [0, 0.1) is 0 Å². The third-order valence-electron chi connectivity index (χ3n) is 6.04. The van der Waals surface area contributed by atoms with Gasteiger partial charge in [-0.15, -0.1) is 0 Å². The number of aromatic amines is 1. The summed E-state index contributed by atoms with van der Waals surface area (Å²) < 4.78 is 0. The number of carboxylic acid groups (broad SMARTS) is 2. The number of aliphatic carboxylic acids is 2. The maximum Gasteiger partial charge on any atom is 0.325 e. The van der Waals surface area contributed by atoms with E-state index < -0.39 is 60.2 Å². The molecule has 218 valence electrons. The molecular formula is C25H36N8O7. The van der Waals surface area contributed by atoms with Gasteiger partial charge in [-0.1, -0.05) is 18.2 Å². The number of fused-ring (bicyclic) bond motifs is 1. The number of guanidine groups is 1. The van der Waals surface area contributed by atoms with Crippen molar-refractivity contribution in [3.63, 3.8) is 0 Å². The molecule has 12 N–H and O–H groups in total. The summed E-state index contributed by atoms with van der Waals surface area (Å²) >= 11 is 0. The van der Waals surface area contributed by atoms with Crippen LogP contribution in [0.4, 0.5) is 0 Å². The summed E-state index contributed by atoms with van der Waals surface area (Å²) in [5, 5.41) is 26.4. The van der Waals surface area contributed by atoms with E-state index in [2.05, 4.69) is 25.9 Å². The molecule has 1 aromatic carbocycles. The first-order valence-electron chi connectivity index (χ1n) is 12.6. The fourth-order valence-electron chi connectivity index (χ4n) is 3.87. The van der Waals surface area contributed by atoms with E-state index in [9.17, 15) is 24.0 Å². The Labute approximate surface area is 229 Å². The molecule has 1 aromatic heterocycles. The van der Waals surface area contributed by atoms with E-state index in [4.69, 9.17) is 27.4 Å². The number of aliphatic imine (C=N–C) groups is 1. The first-order chi connectivity index (χ1) is 18.9. The van der Waals surface area contributed by atoms with E-state index >= 15 is 0 Å². The molecule has 15 heteroatoms. The van der Waals surface area contributed by atoms with E-state index in [1.807, 2.05) is 24.3 Å². The van der Waals surface area contributed by atoms with Gasteiger partial charge in [0.2, 0.25) is 17.7 Å². The van der Waals surface area contributed by atoms with Gasteiger partial charge in [-0.2, -0.15) is 0 Å². The lowest BCUT2D eigenvalue weighted by Crippen LogP contribution is -2.57. The number of carbonyl (C=O) groups excluding carboxylic acids is 3. The second-order valence-electron chi connectivity index (χ2n) is 9.24. The highest BCUT2D eigenvalue weighted by Crippen LogP contribution is 2.19. The normalized spacial score (nSPS) is 13.8. The standard InChI is InChI=1S/C25H36N8O7/c1-13(24(39)40)31-22(37)18(7-4-10-29-25(27)28)33-23(38)19(8-9-20(34)35)32-21(36)16(26)11-14-12-30-17-6-3-2-5-15(14)17/h2-3,5-6,12-13,16,18-19,30H,4,7-11,26H2,1H3,(H,31,37)(H,32,36)(H,33,38)(H,34,35)(H,39,40)(H4,27,28,29). The number of para-hydroxylation sites is 1. The minimum absolute atomic E-state index is 0.0281. The molecule has 0 bridgehead atoms. The summed E-state index contributed by atoms with van der Waals surface area (Å²) in [6.07, 6.45) is 1.43. The number of nitrogens with zero attached hydrogens (tertiary/aromatic N) is 1. The zero-order chi connectivity index (χ0) is 29.8. The summed E-state index contributed by atoms with van der Waals surface area (Å²) in [6.45, 7) is 1.39. The van der Waals surface area contributed by atoms with Crippen LogP contribution >= 0.6 is 0 Å². The van der Waals surface area contributed by atoms with Crippen molar-refractivity contribution in [1.29, 1.82) is 0 Å². The summed E-state index contributed by atoms with van der Waals surface area (Å²) in [5.74, 6) is -4.95. The first-order valence-corrected chi connectivity index (χ1v) is 12.6. The van der Waals surface area contributed by atoms with Gasteiger partial charge in [0.25, 0.3) is 0 Å². The number of hydrogen-bond acceptors (Lipinski definition) is 7. The Bertz CT molecular complexity index is 1240. The molecule has 0 saturated carbocycles. The smallest absolute Gasteiger partial charge is 0.325 e. The van der Waals surface area contributed by atoms with E-state index in [0.717, 1.165) is 16.5 Å². The van der Waals surface area contributed by atoms with Gasteiger partial charge in [-0.05, 0) is 44.2 Å². The Morgan fingerprint density at radius 2 is 1.57 bits per heavy atom. The van der Waals surface area contributed by atoms with Gasteiger partial charge < -0.3 is 48.3 Å². The number of amides is 3. The zero-order valence-corrected chi connectivity index (χ0v) is 22.1. The second-order valence-corrected chi connectivity index (χ2v) is 9.24. The fourth-order valence-corrected chi connectivity index (χ4v) is 3.87. The van der Waals surface area contributed by atoms with Crippen LogP contribution in [0.15, 0.2) is 35.5 Å². The SMILES string of the molecule is CC(NC(=O)C(CCCN=C(N)N)NC(=O)C(CCC(=O)O)NC(=O)C(N)Cc1c[nH]c2ccccc12)C(=O)O. The molecule has 2 aromatic rings. The Balaban J connectivity index is 2.14. The number of carbonyl (C=O) groups is 5. The predicted octanol–water partition coefficient (Wildman–Crippen LogP) is -1.48. The van der Waals surface area contributed by atoms with E-state index in [1.165, 1.54) is 6.92 Å². The number of nitrogens with two attached hydrogens (primary N) is 3. The van der Waals surface area contributed by atoms with Crippen LogP contribution in [0.1, 0.15) is 38.2 Å². The topological polar surface area (TPSA) is 268 Å². The zero-order valence-electron chi connectivity index (χ0n) is 22.1. The molecule has 0 radical (unpaired) electrons. The lowest BCUT2D eigenvalue weighted by Gasteiger charge is -2.24. The molecule has 0 aliphatic heterocycles. The number of benzene rings is 1. The quantitative estimate of drug-likeness (QED) is 0.0652. The van der Waals surface area contributed by atoms with Gasteiger partial charge >= 0.3 is 11.9 Å².